The molecule has 1 aliphatic heterocycles. The number of aromatic nitrogens is 6. The summed E-state index contributed by atoms with van der Waals surface area (Å²) in [4.78, 5) is 11.5. The van der Waals surface area contributed by atoms with Crippen molar-refractivity contribution in [3.8, 4) is 11.3 Å². The van der Waals surface area contributed by atoms with E-state index in [1.165, 1.54) is 12.4 Å². The van der Waals surface area contributed by atoms with Gasteiger partial charge in [0, 0.05) is 35.6 Å². The van der Waals surface area contributed by atoms with E-state index in [2.05, 4.69) is 30.7 Å². The van der Waals surface area contributed by atoms with Crippen molar-refractivity contribution in [1.82, 2.24) is 34.4 Å². The van der Waals surface area contributed by atoms with Crippen LogP contribution in [0.5, 0.6) is 0 Å². The summed E-state index contributed by atoms with van der Waals surface area (Å²) in [7, 11) is 0. The van der Waals surface area contributed by atoms with Crippen LogP contribution < -0.4 is 5.73 Å². The molecule has 7 rings (SSSR count). The van der Waals surface area contributed by atoms with Crippen LogP contribution in [0.25, 0.3) is 33.2 Å². The molecule has 2 fully saturated rings. The number of fused-ring (bicyclic) bond motifs is 2. The van der Waals surface area contributed by atoms with Gasteiger partial charge in [-0.25, -0.2) is 19.0 Å². The summed E-state index contributed by atoms with van der Waals surface area (Å²) >= 11 is 0. The molecule has 2 N–H and O–H groups in total. The summed E-state index contributed by atoms with van der Waals surface area (Å²) in [6.45, 7) is 4.06. The number of rotatable bonds is 5. The van der Waals surface area contributed by atoms with E-state index in [1.807, 2.05) is 29.1 Å². The summed E-state index contributed by atoms with van der Waals surface area (Å²) in [5.74, 6) is 0.197. The number of anilines is 1. The van der Waals surface area contributed by atoms with E-state index >= 15 is 0 Å². The van der Waals surface area contributed by atoms with Crippen LogP contribution in [0.4, 0.5) is 10.2 Å². The maximum absolute atomic E-state index is 14.2. The van der Waals surface area contributed by atoms with Crippen LogP contribution in [0, 0.1) is 5.82 Å². The topological polar surface area (TPSA) is 99.9 Å². The van der Waals surface area contributed by atoms with E-state index in [-0.39, 0.29) is 11.9 Å². The van der Waals surface area contributed by atoms with Gasteiger partial charge in [-0.1, -0.05) is 24.3 Å². The second-order valence-electron chi connectivity index (χ2n) is 10.5. The van der Waals surface area contributed by atoms with Crippen LogP contribution in [-0.2, 0) is 11.3 Å². The second-order valence-corrected chi connectivity index (χ2v) is 10.5. The number of nitrogens with two attached hydrogens (primary N) is 1. The van der Waals surface area contributed by atoms with Gasteiger partial charge in [-0.2, -0.15) is 10.2 Å². The fourth-order valence-corrected chi connectivity index (χ4v) is 6.21. The average molecular weight is 527 g/mol. The minimum absolute atomic E-state index is 0.232. The lowest BCUT2D eigenvalue weighted by Crippen LogP contribution is -2.45. The molecule has 3 aromatic heterocycles. The van der Waals surface area contributed by atoms with Crippen LogP contribution in [0.1, 0.15) is 37.3 Å². The normalized spacial score (nSPS) is 20.6. The molecule has 0 bridgehead atoms. The van der Waals surface area contributed by atoms with Gasteiger partial charge in [0.05, 0.1) is 42.9 Å². The SMILES string of the molecule is Nc1ncnc2c1c(-c1ccc3c(cnn3Cc3ccccc3F)c1)nn2C1CCC(N2CCOCC2)CC1. The summed E-state index contributed by atoms with van der Waals surface area (Å²) in [5, 5.41) is 11.4. The molecule has 1 aliphatic carbocycles. The van der Waals surface area contributed by atoms with Gasteiger partial charge >= 0.3 is 0 Å². The van der Waals surface area contributed by atoms with Gasteiger partial charge in [0.15, 0.2) is 5.65 Å². The second kappa shape index (κ2) is 10.0. The van der Waals surface area contributed by atoms with Crippen molar-refractivity contribution in [1.29, 1.82) is 0 Å². The van der Waals surface area contributed by atoms with E-state index in [0.29, 0.717) is 24.0 Å². The molecule has 1 saturated carbocycles. The Hall–Kier alpha value is -3.89. The van der Waals surface area contributed by atoms with Crippen molar-refractivity contribution in [2.75, 3.05) is 32.0 Å². The number of benzene rings is 2. The van der Waals surface area contributed by atoms with Crippen molar-refractivity contribution in [2.24, 2.45) is 0 Å². The number of hydrogen-bond donors (Lipinski definition) is 1. The van der Waals surface area contributed by atoms with Crippen molar-refractivity contribution in [2.45, 2.75) is 44.3 Å². The molecule has 200 valence electrons. The Labute approximate surface area is 225 Å². The molecule has 0 amide bonds. The fourth-order valence-electron chi connectivity index (χ4n) is 6.21. The standard InChI is InChI=1S/C29H31FN8O/c30-24-4-2-1-3-20(24)17-37-25-10-5-19(15-21(25)16-34-37)27-26-28(31)32-18-33-29(26)38(35-27)23-8-6-22(7-9-23)36-11-13-39-14-12-36/h1-5,10,15-16,18,22-23H,6-9,11-14,17H2,(H2,31,32,33). The highest BCUT2D eigenvalue weighted by Gasteiger charge is 2.30. The highest BCUT2D eigenvalue weighted by Crippen LogP contribution is 2.37. The number of nitrogen functional groups attached to an aromatic ring is 1. The van der Waals surface area contributed by atoms with E-state index in [4.69, 9.17) is 15.6 Å². The first-order valence-corrected chi connectivity index (χ1v) is 13.7. The van der Waals surface area contributed by atoms with Gasteiger partial charge in [0.25, 0.3) is 0 Å². The molecular formula is C29H31FN8O. The summed E-state index contributed by atoms with van der Waals surface area (Å²) < 4.78 is 23.7. The molecule has 2 aliphatic rings. The number of ether oxygens (including phenoxy) is 1. The maximum atomic E-state index is 14.2. The fraction of sp³-hybridized carbons (Fsp3) is 0.379. The summed E-state index contributed by atoms with van der Waals surface area (Å²) in [6.07, 6.45) is 7.69. The van der Waals surface area contributed by atoms with Gasteiger partial charge in [-0.05, 0) is 43.9 Å². The third-order valence-electron chi connectivity index (χ3n) is 8.29. The lowest BCUT2D eigenvalue weighted by atomic mass is 9.90. The first-order valence-electron chi connectivity index (χ1n) is 13.7. The van der Waals surface area contributed by atoms with Crippen molar-refractivity contribution < 1.29 is 9.13 Å². The highest BCUT2D eigenvalue weighted by atomic mass is 19.1. The smallest absolute Gasteiger partial charge is 0.164 e. The molecule has 9 nitrogen and oxygen atoms in total. The first kappa shape index (κ1) is 24.2. The molecule has 0 spiro atoms. The van der Waals surface area contributed by atoms with E-state index in [9.17, 15) is 4.39 Å². The monoisotopic (exact) mass is 526 g/mol. The Bertz CT molecular complexity index is 1630. The first-order chi connectivity index (χ1) is 19.2. The Morgan fingerprint density at radius 1 is 0.974 bits per heavy atom. The molecule has 2 aromatic carbocycles. The van der Waals surface area contributed by atoms with Gasteiger partial charge in [0.2, 0.25) is 0 Å². The molecular weight excluding hydrogens is 495 g/mol. The third kappa shape index (κ3) is 4.43. The van der Waals surface area contributed by atoms with Crippen LogP contribution >= 0.6 is 0 Å². The highest BCUT2D eigenvalue weighted by molar-refractivity contribution is 5.99. The molecule has 5 aromatic rings. The average Bonchev–Trinajstić information content (AvgIpc) is 3.57. The molecule has 0 radical (unpaired) electrons. The number of morpholine rings is 1. The Morgan fingerprint density at radius 3 is 2.59 bits per heavy atom. The molecule has 10 heteroatoms. The predicted molar refractivity (Wildman–Crippen MR) is 148 cm³/mol. The molecule has 1 saturated heterocycles. The van der Waals surface area contributed by atoms with Crippen molar-refractivity contribution in [3.63, 3.8) is 0 Å². The molecule has 4 heterocycles. The number of halogens is 1. The summed E-state index contributed by atoms with van der Waals surface area (Å²) in [6, 6.07) is 13.8. The van der Waals surface area contributed by atoms with E-state index in [0.717, 1.165) is 85.2 Å². The zero-order valence-corrected chi connectivity index (χ0v) is 21.7. The minimum Gasteiger partial charge on any atom is -0.383 e. The third-order valence-corrected chi connectivity index (χ3v) is 8.29. The Morgan fingerprint density at radius 2 is 1.77 bits per heavy atom. The van der Waals surface area contributed by atoms with Crippen LogP contribution in [-0.4, -0.2) is 66.8 Å². The number of hydrogen-bond acceptors (Lipinski definition) is 7. The minimum atomic E-state index is -0.232. The largest absolute Gasteiger partial charge is 0.383 e. The van der Waals surface area contributed by atoms with Crippen LogP contribution in [0.15, 0.2) is 55.0 Å². The predicted octanol–water partition coefficient (Wildman–Crippen LogP) is 4.43. The summed E-state index contributed by atoms with van der Waals surface area (Å²) in [5.41, 5.74) is 10.4. The molecule has 0 atom stereocenters. The maximum Gasteiger partial charge on any atom is 0.164 e. The van der Waals surface area contributed by atoms with Crippen molar-refractivity contribution >= 4 is 27.8 Å². The zero-order chi connectivity index (χ0) is 26.3. The van der Waals surface area contributed by atoms with Crippen LogP contribution in [0.3, 0.4) is 0 Å². The molecule has 0 unspecified atom stereocenters. The lowest BCUT2D eigenvalue weighted by molar-refractivity contribution is 0.00520. The Balaban J connectivity index is 1.20. The van der Waals surface area contributed by atoms with Gasteiger partial charge in [-0.15, -0.1) is 0 Å². The zero-order valence-electron chi connectivity index (χ0n) is 21.7. The van der Waals surface area contributed by atoms with Gasteiger partial charge < -0.3 is 10.5 Å². The van der Waals surface area contributed by atoms with Crippen LogP contribution in [0.2, 0.25) is 0 Å². The Kier molecular flexibility index (Phi) is 6.21. The van der Waals surface area contributed by atoms with Gasteiger partial charge in [0.1, 0.15) is 23.7 Å². The van der Waals surface area contributed by atoms with Gasteiger partial charge in [-0.3, -0.25) is 9.58 Å². The number of nitrogens with zero attached hydrogens (tertiary/aromatic N) is 7. The van der Waals surface area contributed by atoms with Crippen molar-refractivity contribution in [3.05, 3.63) is 66.4 Å². The van der Waals surface area contributed by atoms with E-state index < -0.39 is 0 Å². The van der Waals surface area contributed by atoms with E-state index in [1.54, 1.807) is 12.1 Å². The molecule has 39 heavy (non-hydrogen) atoms. The quantitative estimate of drug-likeness (QED) is 0.362. The lowest BCUT2D eigenvalue weighted by Gasteiger charge is -2.38.